The topological polar surface area (TPSA) is 62.7 Å². The van der Waals surface area contributed by atoms with Crippen LogP contribution in [0.25, 0.3) is 0 Å². The van der Waals surface area contributed by atoms with E-state index in [9.17, 15) is 26.0 Å². The zero-order valence-electron chi connectivity index (χ0n) is 14.7. The Kier molecular flexibility index (Phi) is 5.76. The molecule has 2 atom stereocenters. The number of halogens is 4. The molecule has 27 heavy (non-hydrogen) atoms. The lowest BCUT2D eigenvalue weighted by Gasteiger charge is -2.41. The molecular weight excluding hydrogens is 390 g/mol. The van der Waals surface area contributed by atoms with E-state index in [0.717, 1.165) is 6.07 Å². The van der Waals surface area contributed by atoms with E-state index in [0.29, 0.717) is 32.2 Å². The van der Waals surface area contributed by atoms with Crippen molar-refractivity contribution in [2.75, 3.05) is 39.4 Å². The highest BCUT2D eigenvalue weighted by molar-refractivity contribution is 7.89. The van der Waals surface area contributed by atoms with Crippen molar-refractivity contribution >= 4 is 10.0 Å². The summed E-state index contributed by atoms with van der Waals surface area (Å²) in [4.78, 5) is 5.08. The number of rotatable bonds is 3. The van der Waals surface area contributed by atoms with Crippen LogP contribution in [-0.4, -0.2) is 74.2 Å². The van der Waals surface area contributed by atoms with Crippen molar-refractivity contribution in [1.29, 1.82) is 0 Å². The lowest BCUT2D eigenvalue weighted by molar-refractivity contribution is -0.141. The van der Waals surface area contributed by atoms with Crippen LogP contribution < -0.4 is 0 Å². The number of alkyl halides is 4. The summed E-state index contributed by atoms with van der Waals surface area (Å²) in [5.74, 6) is 0. The van der Waals surface area contributed by atoms with Crippen LogP contribution in [0.3, 0.4) is 0 Å². The molecule has 0 radical (unpaired) electrons. The van der Waals surface area contributed by atoms with E-state index in [1.54, 1.807) is 0 Å². The van der Waals surface area contributed by atoms with Gasteiger partial charge in [-0.25, -0.2) is 17.8 Å². The Morgan fingerprint density at radius 1 is 1.19 bits per heavy atom. The Hall–Kier alpha value is -1.30. The highest BCUT2D eigenvalue weighted by Crippen LogP contribution is 2.30. The van der Waals surface area contributed by atoms with Gasteiger partial charge in [0.1, 0.15) is 16.8 Å². The fraction of sp³-hybridized carbons (Fsp3) is 0.688. The number of aromatic nitrogens is 1. The van der Waals surface area contributed by atoms with Crippen LogP contribution >= 0.6 is 0 Å². The summed E-state index contributed by atoms with van der Waals surface area (Å²) in [6.45, 7) is 2.77. The van der Waals surface area contributed by atoms with Crippen LogP contribution in [0.2, 0.25) is 0 Å². The van der Waals surface area contributed by atoms with Crippen LogP contribution in [0, 0.1) is 6.92 Å². The van der Waals surface area contributed by atoms with Crippen LogP contribution in [0.15, 0.2) is 17.0 Å². The zero-order valence-corrected chi connectivity index (χ0v) is 15.6. The minimum absolute atomic E-state index is 0.0413. The molecule has 6 nitrogen and oxygen atoms in total. The minimum atomic E-state index is -4.63. The minimum Gasteiger partial charge on any atom is -0.378 e. The number of hydrogen-bond donors (Lipinski definition) is 0. The van der Waals surface area contributed by atoms with Gasteiger partial charge in [-0.3, -0.25) is 4.90 Å². The maximum absolute atomic E-state index is 14.0. The largest absolute Gasteiger partial charge is 0.433 e. The molecule has 3 heterocycles. The SMILES string of the molecule is Cc1nc(C(F)(F)F)ccc1S(=O)(=O)N1CCN([C@@H]2CCOC[C@@H]2F)CC1. The number of sulfonamides is 1. The molecule has 2 fully saturated rings. The third-order valence-electron chi connectivity index (χ3n) is 4.94. The van der Waals surface area contributed by atoms with Gasteiger partial charge in [0.15, 0.2) is 0 Å². The maximum atomic E-state index is 14.0. The van der Waals surface area contributed by atoms with Crippen molar-refractivity contribution in [2.45, 2.75) is 36.6 Å². The number of aryl methyl sites for hydroxylation is 1. The number of hydrogen-bond acceptors (Lipinski definition) is 5. The predicted octanol–water partition coefficient (Wildman–Crippen LogP) is 1.84. The number of pyridine rings is 1. The highest BCUT2D eigenvalue weighted by atomic mass is 32.2. The van der Waals surface area contributed by atoms with Gasteiger partial charge in [0, 0.05) is 38.8 Å². The molecule has 1 aromatic heterocycles. The van der Waals surface area contributed by atoms with Crippen molar-refractivity contribution in [3.05, 3.63) is 23.5 Å². The van der Waals surface area contributed by atoms with Gasteiger partial charge >= 0.3 is 6.18 Å². The second kappa shape index (κ2) is 7.61. The average Bonchev–Trinajstić information content (AvgIpc) is 2.61. The second-order valence-electron chi connectivity index (χ2n) is 6.66. The summed E-state index contributed by atoms with van der Waals surface area (Å²) in [5.41, 5.74) is -1.32. The van der Waals surface area contributed by atoms with Crippen molar-refractivity contribution in [3.8, 4) is 0 Å². The van der Waals surface area contributed by atoms with Gasteiger partial charge in [0.2, 0.25) is 10.0 Å². The maximum Gasteiger partial charge on any atom is 0.433 e. The van der Waals surface area contributed by atoms with Gasteiger partial charge in [-0.05, 0) is 25.5 Å². The van der Waals surface area contributed by atoms with Crippen molar-refractivity contribution in [3.63, 3.8) is 0 Å². The fourth-order valence-electron chi connectivity index (χ4n) is 3.50. The van der Waals surface area contributed by atoms with Crippen LogP contribution in [0.5, 0.6) is 0 Å². The monoisotopic (exact) mass is 411 g/mol. The highest BCUT2D eigenvalue weighted by Gasteiger charge is 2.37. The Labute approximate surface area is 155 Å². The summed E-state index contributed by atoms with van der Waals surface area (Å²) in [7, 11) is -3.96. The molecule has 1 aromatic rings. The molecule has 0 N–H and O–H groups in total. The summed E-state index contributed by atoms with van der Waals surface area (Å²) in [6, 6.07) is 1.33. The van der Waals surface area contributed by atoms with Gasteiger partial charge in [-0.1, -0.05) is 0 Å². The molecule has 0 saturated carbocycles. The molecule has 3 rings (SSSR count). The molecule has 0 amide bonds. The van der Waals surface area contributed by atoms with E-state index in [1.807, 2.05) is 4.90 Å². The first kappa shape index (κ1) is 20.4. The van der Waals surface area contributed by atoms with Gasteiger partial charge in [0.25, 0.3) is 0 Å². The van der Waals surface area contributed by atoms with Crippen molar-refractivity contribution < 1.29 is 30.7 Å². The zero-order chi connectivity index (χ0) is 19.8. The van der Waals surface area contributed by atoms with Crippen molar-refractivity contribution in [1.82, 2.24) is 14.2 Å². The second-order valence-corrected chi connectivity index (χ2v) is 8.57. The molecule has 11 heteroatoms. The molecular formula is C16H21F4N3O3S. The van der Waals surface area contributed by atoms with Crippen LogP contribution in [-0.2, 0) is 20.9 Å². The quantitative estimate of drug-likeness (QED) is 0.711. The number of ether oxygens (including phenoxy) is 1. The summed E-state index contributed by atoms with van der Waals surface area (Å²) >= 11 is 0. The van der Waals surface area contributed by atoms with Gasteiger partial charge < -0.3 is 4.74 Å². The molecule has 2 aliphatic heterocycles. The van der Waals surface area contributed by atoms with Crippen LogP contribution in [0.1, 0.15) is 17.8 Å². The Bertz CT molecular complexity index is 780. The van der Waals surface area contributed by atoms with Gasteiger partial charge in [-0.2, -0.15) is 17.5 Å². The lowest BCUT2D eigenvalue weighted by Crippen LogP contribution is -2.56. The average molecular weight is 411 g/mol. The number of nitrogens with zero attached hydrogens (tertiary/aromatic N) is 3. The van der Waals surface area contributed by atoms with Gasteiger partial charge in [-0.15, -0.1) is 0 Å². The van der Waals surface area contributed by atoms with E-state index in [2.05, 4.69) is 4.98 Å². The van der Waals surface area contributed by atoms with Crippen molar-refractivity contribution in [2.24, 2.45) is 0 Å². The van der Waals surface area contributed by atoms with Crippen LogP contribution in [0.4, 0.5) is 17.6 Å². The third kappa shape index (κ3) is 4.25. The molecule has 0 spiro atoms. The predicted molar refractivity (Wildman–Crippen MR) is 88.4 cm³/mol. The summed E-state index contributed by atoms with van der Waals surface area (Å²) < 4.78 is 84.1. The van der Waals surface area contributed by atoms with E-state index in [-0.39, 0.29) is 36.3 Å². The third-order valence-corrected chi connectivity index (χ3v) is 6.97. The molecule has 2 aliphatic rings. The van der Waals surface area contributed by atoms with E-state index >= 15 is 0 Å². The molecule has 0 aromatic carbocycles. The summed E-state index contributed by atoms with van der Waals surface area (Å²) in [6.07, 6.45) is -5.19. The summed E-state index contributed by atoms with van der Waals surface area (Å²) in [5, 5.41) is 0. The molecule has 152 valence electrons. The first-order valence-electron chi connectivity index (χ1n) is 8.61. The fourth-order valence-corrected chi connectivity index (χ4v) is 5.08. The molecule has 2 saturated heterocycles. The molecule has 0 aliphatic carbocycles. The van der Waals surface area contributed by atoms with E-state index < -0.39 is 28.1 Å². The normalized spacial score (nSPS) is 26.3. The smallest absolute Gasteiger partial charge is 0.378 e. The molecule has 0 bridgehead atoms. The Morgan fingerprint density at radius 3 is 2.41 bits per heavy atom. The lowest BCUT2D eigenvalue weighted by atomic mass is 10.0. The first-order chi connectivity index (χ1) is 12.6. The molecule has 0 unspecified atom stereocenters. The first-order valence-corrected chi connectivity index (χ1v) is 10.1. The number of piperazine rings is 1. The standard InChI is InChI=1S/C16H21F4N3O3S/c1-11-14(2-3-15(21-11)16(18,19)20)27(24,25)23-7-5-22(6-8-23)13-4-9-26-10-12(13)17/h2-3,12-13H,4-10H2,1H3/t12-,13+/m0/s1. The van der Waals surface area contributed by atoms with E-state index in [4.69, 9.17) is 4.74 Å². The Morgan fingerprint density at radius 2 is 1.85 bits per heavy atom. The Balaban J connectivity index is 1.72. The van der Waals surface area contributed by atoms with E-state index in [1.165, 1.54) is 11.2 Å². The van der Waals surface area contributed by atoms with Gasteiger partial charge in [0.05, 0.1) is 12.3 Å².